The van der Waals surface area contributed by atoms with Gasteiger partial charge < -0.3 is 9.64 Å². The molecule has 196 valence electrons. The zero-order valence-electron chi connectivity index (χ0n) is 21.2. The highest BCUT2D eigenvalue weighted by Crippen LogP contribution is 2.31. The number of Topliss-reactive ketones (excluding diaryl/α,β-unsaturated/α-hetero) is 1. The molecule has 3 aromatic rings. The van der Waals surface area contributed by atoms with E-state index in [1.54, 1.807) is 18.2 Å². The molecule has 38 heavy (non-hydrogen) atoms. The number of alkyl halides is 2. The monoisotopic (exact) mass is 535 g/mol. The maximum absolute atomic E-state index is 13.4. The molecular weight excluding hydrogens is 508 g/mol. The van der Waals surface area contributed by atoms with Crippen molar-refractivity contribution >= 4 is 46.1 Å². The SMILES string of the molecule is CCc1ccc(C(=O)CSC2=NC(=Cc3ccc(N(C)C)cc3)C(=O)N2c2ccc(OC(F)F)cc2)cc1. The number of carbonyl (C=O) groups excluding carboxylic acids is 2. The van der Waals surface area contributed by atoms with Crippen molar-refractivity contribution in [2.45, 2.75) is 20.0 Å². The fraction of sp³-hybridized carbons (Fsp3) is 0.207. The van der Waals surface area contributed by atoms with Crippen LogP contribution in [0.1, 0.15) is 28.4 Å². The molecule has 1 heterocycles. The quantitative estimate of drug-likeness (QED) is 0.239. The molecule has 9 heteroatoms. The van der Waals surface area contributed by atoms with E-state index in [4.69, 9.17) is 0 Å². The molecule has 0 saturated carbocycles. The number of aliphatic imine (C=N–C) groups is 1. The number of hydrogen-bond donors (Lipinski definition) is 0. The number of amidine groups is 1. The smallest absolute Gasteiger partial charge is 0.387 e. The molecule has 0 aromatic heterocycles. The summed E-state index contributed by atoms with van der Waals surface area (Å²) in [6, 6.07) is 20.8. The topological polar surface area (TPSA) is 62.2 Å². The first kappa shape index (κ1) is 27.1. The third-order valence-corrected chi connectivity index (χ3v) is 6.82. The first-order chi connectivity index (χ1) is 18.2. The second-order valence-corrected chi connectivity index (χ2v) is 9.63. The fourth-order valence-electron chi connectivity index (χ4n) is 3.76. The van der Waals surface area contributed by atoms with E-state index in [1.165, 1.54) is 29.2 Å². The van der Waals surface area contributed by atoms with Crippen molar-refractivity contribution in [1.29, 1.82) is 0 Å². The van der Waals surface area contributed by atoms with Gasteiger partial charge in [0.2, 0.25) is 0 Å². The molecule has 4 rings (SSSR count). The Bertz CT molecular complexity index is 1350. The standard InChI is InChI=1S/C29H27F2N3O3S/c1-4-19-5-9-21(10-6-19)26(35)18-38-29-32-25(17-20-7-11-22(12-8-20)33(2)3)27(36)34(29)23-13-15-24(16-14-23)37-28(30)31/h5-17,28H,4,18H2,1-3H3. The van der Waals surface area contributed by atoms with Crippen LogP contribution in [0, 0.1) is 0 Å². The van der Waals surface area contributed by atoms with Gasteiger partial charge in [0.15, 0.2) is 11.0 Å². The average molecular weight is 536 g/mol. The van der Waals surface area contributed by atoms with Crippen molar-refractivity contribution in [2.75, 3.05) is 29.6 Å². The maximum Gasteiger partial charge on any atom is 0.387 e. The lowest BCUT2D eigenvalue weighted by Crippen LogP contribution is -2.30. The minimum absolute atomic E-state index is 0.0241. The van der Waals surface area contributed by atoms with Gasteiger partial charge in [-0.1, -0.05) is 55.1 Å². The predicted molar refractivity (Wildman–Crippen MR) is 149 cm³/mol. The molecule has 0 radical (unpaired) electrons. The van der Waals surface area contributed by atoms with Crippen molar-refractivity contribution in [3.8, 4) is 5.75 Å². The van der Waals surface area contributed by atoms with Gasteiger partial charge in [-0.15, -0.1) is 0 Å². The van der Waals surface area contributed by atoms with E-state index in [0.717, 1.165) is 35.0 Å². The molecule has 0 fully saturated rings. The third-order valence-electron chi connectivity index (χ3n) is 5.88. The van der Waals surface area contributed by atoms with Gasteiger partial charge in [0, 0.05) is 25.3 Å². The number of anilines is 2. The van der Waals surface area contributed by atoms with Crippen LogP contribution in [0.5, 0.6) is 5.75 Å². The molecule has 0 saturated heterocycles. The van der Waals surface area contributed by atoms with Gasteiger partial charge in [-0.3, -0.25) is 14.5 Å². The number of nitrogens with zero attached hydrogens (tertiary/aromatic N) is 3. The number of thioether (sulfide) groups is 1. The van der Waals surface area contributed by atoms with Crippen molar-refractivity contribution in [1.82, 2.24) is 0 Å². The summed E-state index contributed by atoms with van der Waals surface area (Å²) in [6.07, 6.45) is 2.56. The highest BCUT2D eigenvalue weighted by Gasteiger charge is 2.32. The van der Waals surface area contributed by atoms with E-state index in [-0.39, 0.29) is 28.9 Å². The number of benzene rings is 3. The minimum atomic E-state index is -2.95. The first-order valence-corrected chi connectivity index (χ1v) is 13.0. The molecule has 0 unspecified atom stereocenters. The van der Waals surface area contributed by atoms with Crippen LogP contribution in [0.15, 0.2) is 83.5 Å². The van der Waals surface area contributed by atoms with Gasteiger partial charge >= 0.3 is 6.61 Å². The van der Waals surface area contributed by atoms with Crippen LogP contribution in [0.2, 0.25) is 0 Å². The van der Waals surface area contributed by atoms with Crippen LogP contribution in [0.4, 0.5) is 20.2 Å². The predicted octanol–water partition coefficient (Wildman–Crippen LogP) is 6.28. The maximum atomic E-state index is 13.4. The zero-order chi connectivity index (χ0) is 27.2. The molecule has 1 aliphatic heterocycles. The van der Waals surface area contributed by atoms with Gasteiger partial charge in [0.05, 0.1) is 11.4 Å². The molecule has 0 atom stereocenters. The van der Waals surface area contributed by atoms with Gasteiger partial charge in [-0.25, -0.2) is 4.99 Å². The normalized spacial score (nSPS) is 14.3. The Morgan fingerprint density at radius 1 is 1.03 bits per heavy atom. The van der Waals surface area contributed by atoms with Crippen LogP contribution >= 0.6 is 11.8 Å². The van der Waals surface area contributed by atoms with Gasteiger partial charge in [0.25, 0.3) is 5.91 Å². The summed E-state index contributed by atoms with van der Waals surface area (Å²) in [5, 5.41) is 0.326. The van der Waals surface area contributed by atoms with Crippen LogP contribution in [0.25, 0.3) is 6.08 Å². The molecule has 6 nitrogen and oxygen atoms in total. The number of rotatable bonds is 9. The lowest BCUT2D eigenvalue weighted by atomic mass is 10.1. The first-order valence-electron chi connectivity index (χ1n) is 12.0. The molecular formula is C29H27F2N3O3S. The Balaban J connectivity index is 1.60. The molecule has 0 bridgehead atoms. The van der Waals surface area contributed by atoms with E-state index >= 15 is 0 Å². The van der Waals surface area contributed by atoms with Crippen LogP contribution in [-0.4, -0.2) is 43.3 Å². The van der Waals surface area contributed by atoms with Gasteiger partial charge in [0.1, 0.15) is 11.4 Å². The van der Waals surface area contributed by atoms with E-state index in [2.05, 4.69) is 9.73 Å². The second kappa shape index (κ2) is 12.0. The van der Waals surface area contributed by atoms with Crippen LogP contribution < -0.4 is 14.5 Å². The summed E-state index contributed by atoms with van der Waals surface area (Å²) in [7, 11) is 3.88. The summed E-state index contributed by atoms with van der Waals surface area (Å²) < 4.78 is 29.6. The van der Waals surface area contributed by atoms with Crippen LogP contribution in [0.3, 0.4) is 0 Å². The lowest BCUT2D eigenvalue weighted by molar-refractivity contribution is -0.113. The van der Waals surface area contributed by atoms with E-state index in [9.17, 15) is 18.4 Å². The number of ketones is 1. The van der Waals surface area contributed by atoms with E-state index in [1.807, 2.05) is 62.3 Å². The summed E-state index contributed by atoms with van der Waals surface area (Å²) in [5.74, 6) is -0.425. The fourth-order valence-corrected chi connectivity index (χ4v) is 4.67. The second-order valence-electron chi connectivity index (χ2n) is 8.69. The molecule has 0 aliphatic carbocycles. The number of aryl methyl sites for hydroxylation is 1. The number of amides is 1. The van der Waals surface area contributed by atoms with Crippen molar-refractivity contribution < 1.29 is 23.1 Å². The average Bonchev–Trinajstić information content (AvgIpc) is 3.22. The lowest BCUT2D eigenvalue weighted by Gasteiger charge is -2.18. The summed E-state index contributed by atoms with van der Waals surface area (Å²) in [5.41, 5.74) is 4.16. The van der Waals surface area contributed by atoms with Crippen LogP contribution in [-0.2, 0) is 11.2 Å². The Morgan fingerprint density at radius 2 is 1.68 bits per heavy atom. The Labute approximate surface area is 224 Å². The van der Waals surface area contributed by atoms with E-state index < -0.39 is 6.61 Å². The Hall–Kier alpha value is -3.98. The van der Waals surface area contributed by atoms with Gasteiger partial charge in [-0.05, 0) is 60.0 Å². The summed E-state index contributed by atoms with van der Waals surface area (Å²) >= 11 is 1.15. The van der Waals surface area contributed by atoms with Crippen molar-refractivity contribution in [3.63, 3.8) is 0 Å². The number of halogens is 2. The van der Waals surface area contributed by atoms with Gasteiger partial charge in [-0.2, -0.15) is 8.78 Å². The van der Waals surface area contributed by atoms with E-state index in [0.29, 0.717) is 16.4 Å². The molecule has 0 N–H and O–H groups in total. The summed E-state index contributed by atoms with van der Waals surface area (Å²) in [4.78, 5) is 34.2. The zero-order valence-corrected chi connectivity index (χ0v) is 22.0. The Morgan fingerprint density at radius 3 is 2.26 bits per heavy atom. The number of hydrogen-bond acceptors (Lipinski definition) is 6. The highest BCUT2D eigenvalue weighted by atomic mass is 32.2. The third kappa shape index (κ3) is 6.47. The molecule has 0 spiro atoms. The summed E-state index contributed by atoms with van der Waals surface area (Å²) in [6.45, 7) is -0.905. The largest absolute Gasteiger partial charge is 0.435 e. The van der Waals surface area contributed by atoms with Crippen molar-refractivity contribution in [2.24, 2.45) is 4.99 Å². The molecule has 1 amide bonds. The highest BCUT2D eigenvalue weighted by molar-refractivity contribution is 8.14. The Kier molecular flexibility index (Phi) is 8.58. The molecule has 3 aromatic carbocycles. The van der Waals surface area contributed by atoms with Crippen molar-refractivity contribution in [3.05, 3.63) is 95.2 Å². The molecule has 1 aliphatic rings. The minimum Gasteiger partial charge on any atom is -0.435 e. The number of ether oxygens (including phenoxy) is 1. The number of carbonyl (C=O) groups is 2.